The Bertz CT molecular complexity index is 536. The molecule has 2 rings (SSSR count). The Labute approximate surface area is 129 Å². The molecule has 1 amide bonds. The van der Waals surface area contributed by atoms with Gasteiger partial charge in [-0.15, -0.1) is 0 Å². The zero-order chi connectivity index (χ0) is 15.7. The van der Waals surface area contributed by atoms with Gasteiger partial charge in [-0.3, -0.25) is 5.32 Å². The number of ether oxygens (including phenoxy) is 1. The topological polar surface area (TPSA) is 70.6 Å². The first-order chi connectivity index (χ1) is 9.67. The van der Waals surface area contributed by atoms with Crippen molar-refractivity contribution in [1.82, 2.24) is 5.32 Å². The maximum atomic E-state index is 11.7. The van der Waals surface area contributed by atoms with Gasteiger partial charge in [0, 0.05) is 30.2 Å². The Morgan fingerprint density at radius 1 is 1.48 bits per heavy atom. The van der Waals surface area contributed by atoms with E-state index >= 15 is 0 Å². The fourth-order valence-corrected chi connectivity index (χ4v) is 2.33. The smallest absolute Gasteiger partial charge is 0.412 e. The second-order valence-corrected chi connectivity index (χ2v) is 6.84. The van der Waals surface area contributed by atoms with Crippen molar-refractivity contribution in [3.8, 4) is 0 Å². The standard InChI is InChI=1S/C15H21ClN2O3/c1-14(2,3)21-13(19)18-11-5-4-10(12(16)6-11)7-15(20)8-17-9-15/h4-6,17,20H,7-9H2,1-3H3,(H,18,19). The highest BCUT2D eigenvalue weighted by Gasteiger charge is 2.34. The second-order valence-electron chi connectivity index (χ2n) is 6.44. The lowest BCUT2D eigenvalue weighted by molar-refractivity contribution is -0.00901. The van der Waals surface area contributed by atoms with Crippen molar-refractivity contribution in [3.63, 3.8) is 0 Å². The molecule has 6 heteroatoms. The van der Waals surface area contributed by atoms with Crippen LogP contribution in [0.4, 0.5) is 10.5 Å². The molecule has 0 aliphatic carbocycles. The van der Waals surface area contributed by atoms with E-state index in [0.717, 1.165) is 5.56 Å². The highest BCUT2D eigenvalue weighted by molar-refractivity contribution is 6.31. The number of halogens is 1. The summed E-state index contributed by atoms with van der Waals surface area (Å²) in [4.78, 5) is 11.7. The van der Waals surface area contributed by atoms with E-state index < -0.39 is 17.3 Å². The van der Waals surface area contributed by atoms with Crippen molar-refractivity contribution < 1.29 is 14.6 Å². The fourth-order valence-electron chi connectivity index (χ4n) is 2.08. The summed E-state index contributed by atoms with van der Waals surface area (Å²) in [6, 6.07) is 5.22. The Morgan fingerprint density at radius 2 is 2.14 bits per heavy atom. The van der Waals surface area contributed by atoms with E-state index in [1.54, 1.807) is 32.9 Å². The van der Waals surface area contributed by atoms with Gasteiger partial charge in [-0.2, -0.15) is 0 Å². The number of nitrogens with one attached hydrogen (secondary N) is 2. The van der Waals surface area contributed by atoms with Gasteiger partial charge in [0.15, 0.2) is 0 Å². The summed E-state index contributed by atoms with van der Waals surface area (Å²) >= 11 is 6.21. The number of rotatable bonds is 3. The third-order valence-electron chi connectivity index (χ3n) is 3.13. The van der Waals surface area contributed by atoms with E-state index in [-0.39, 0.29) is 0 Å². The van der Waals surface area contributed by atoms with Gasteiger partial charge in [0.1, 0.15) is 5.60 Å². The first-order valence-corrected chi connectivity index (χ1v) is 7.26. The third kappa shape index (κ3) is 4.59. The van der Waals surface area contributed by atoms with Crippen LogP contribution in [-0.4, -0.2) is 35.5 Å². The van der Waals surface area contributed by atoms with Crippen LogP contribution in [0.25, 0.3) is 0 Å². The van der Waals surface area contributed by atoms with Crippen LogP contribution < -0.4 is 10.6 Å². The summed E-state index contributed by atoms with van der Waals surface area (Å²) in [5.41, 5.74) is 0.157. The molecule has 1 aromatic carbocycles. The van der Waals surface area contributed by atoms with Gasteiger partial charge in [-0.25, -0.2) is 4.79 Å². The van der Waals surface area contributed by atoms with Crippen LogP contribution in [0.15, 0.2) is 18.2 Å². The number of hydrogen-bond donors (Lipinski definition) is 3. The fraction of sp³-hybridized carbons (Fsp3) is 0.533. The molecule has 0 radical (unpaired) electrons. The molecular weight excluding hydrogens is 292 g/mol. The molecule has 0 aromatic heterocycles. The normalized spacial score (nSPS) is 17.0. The van der Waals surface area contributed by atoms with Crippen LogP contribution in [0.5, 0.6) is 0 Å². The quantitative estimate of drug-likeness (QED) is 0.802. The Kier molecular flexibility index (Phi) is 4.46. The predicted molar refractivity (Wildman–Crippen MR) is 82.8 cm³/mol. The minimum absolute atomic E-state index is 0.492. The molecule has 1 aromatic rings. The van der Waals surface area contributed by atoms with Crippen LogP contribution in [0, 0.1) is 0 Å². The molecule has 0 spiro atoms. The van der Waals surface area contributed by atoms with E-state index in [4.69, 9.17) is 16.3 Å². The Hall–Kier alpha value is -1.30. The van der Waals surface area contributed by atoms with E-state index in [9.17, 15) is 9.90 Å². The summed E-state index contributed by atoms with van der Waals surface area (Å²) in [6.07, 6.45) is -0.0286. The minimum atomic E-state index is -0.719. The van der Waals surface area contributed by atoms with Gasteiger partial charge >= 0.3 is 6.09 Å². The van der Waals surface area contributed by atoms with Crippen LogP contribution in [0.1, 0.15) is 26.3 Å². The van der Waals surface area contributed by atoms with Crippen molar-refractivity contribution in [1.29, 1.82) is 0 Å². The third-order valence-corrected chi connectivity index (χ3v) is 3.48. The first-order valence-electron chi connectivity index (χ1n) is 6.88. The molecule has 0 unspecified atom stereocenters. The van der Waals surface area contributed by atoms with E-state index in [1.807, 2.05) is 6.07 Å². The van der Waals surface area contributed by atoms with Gasteiger partial charge in [0.05, 0.1) is 5.60 Å². The number of amides is 1. The van der Waals surface area contributed by atoms with Crippen molar-refractivity contribution in [2.24, 2.45) is 0 Å². The molecule has 0 atom stereocenters. The molecule has 3 N–H and O–H groups in total. The number of β-amino-alcohol motifs (C(OH)–C–C–N with tert-alkyl or cyclic N) is 1. The number of carbonyl (C=O) groups is 1. The lowest BCUT2D eigenvalue weighted by Gasteiger charge is -2.37. The summed E-state index contributed by atoms with van der Waals surface area (Å²) in [5, 5.41) is 16.3. The lowest BCUT2D eigenvalue weighted by Crippen LogP contribution is -2.60. The van der Waals surface area contributed by atoms with Crippen LogP contribution >= 0.6 is 11.6 Å². The molecule has 0 saturated carbocycles. The molecule has 1 fully saturated rings. The van der Waals surface area contributed by atoms with Crippen LogP contribution in [0.3, 0.4) is 0 Å². The average Bonchev–Trinajstić information content (AvgIpc) is 2.28. The predicted octanol–water partition coefficient (Wildman–Crippen LogP) is 2.56. The summed E-state index contributed by atoms with van der Waals surface area (Å²) in [6.45, 7) is 6.55. The molecule has 116 valence electrons. The zero-order valence-corrected chi connectivity index (χ0v) is 13.3. The van der Waals surface area contributed by atoms with E-state index in [2.05, 4.69) is 10.6 Å². The minimum Gasteiger partial charge on any atom is -0.444 e. The number of benzene rings is 1. The monoisotopic (exact) mass is 312 g/mol. The van der Waals surface area contributed by atoms with Crippen molar-refractivity contribution in [2.45, 2.75) is 38.4 Å². The van der Waals surface area contributed by atoms with Crippen LogP contribution in [0.2, 0.25) is 5.02 Å². The lowest BCUT2D eigenvalue weighted by atomic mass is 9.89. The highest BCUT2D eigenvalue weighted by Crippen LogP contribution is 2.26. The van der Waals surface area contributed by atoms with Crippen molar-refractivity contribution >= 4 is 23.4 Å². The van der Waals surface area contributed by atoms with E-state index in [1.165, 1.54) is 0 Å². The van der Waals surface area contributed by atoms with Gasteiger partial charge < -0.3 is 15.2 Å². The second kappa shape index (κ2) is 5.83. The van der Waals surface area contributed by atoms with Gasteiger partial charge in [-0.1, -0.05) is 17.7 Å². The van der Waals surface area contributed by atoms with Gasteiger partial charge in [0.25, 0.3) is 0 Å². The maximum absolute atomic E-state index is 11.7. The Balaban J connectivity index is 2.00. The van der Waals surface area contributed by atoms with Crippen molar-refractivity contribution in [2.75, 3.05) is 18.4 Å². The molecule has 1 aliphatic heterocycles. The zero-order valence-electron chi connectivity index (χ0n) is 12.5. The molecule has 0 bridgehead atoms. The Morgan fingerprint density at radius 3 is 2.62 bits per heavy atom. The molecule has 1 aliphatic rings. The maximum Gasteiger partial charge on any atom is 0.412 e. The number of aliphatic hydroxyl groups is 1. The number of hydrogen-bond acceptors (Lipinski definition) is 4. The first kappa shape index (κ1) is 16.1. The summed E-state index contributed by atoms with van der Waals surface area (Å²) in [7, 11) is 0. The highest BCUT2D eigenvalue weighted by atomic mass is 35.5. The molecular formula is C15H21ClN2O3. The molecule has 5 nitrogen and oxygen atoms in total. The summed E-state index contributed by atoms with van der Waals surface area (Å²) < 4.78 is 5.18. The molecule has 1 heterocycles. The largest absolute Gasteiger partial charge is 0.444 e. The molecule has 1 saturated heterocycles. The van der Waals surface area contributed by atoms with Gasteiger partial charge in [0.2, 0.25) is 0 Å². The van der Waals surface area contributed by atoms with Crippen molar-refractivity contribution in [3.05, 3.63) is 28.8 Å². The van der Waals surface area contributed by atoms with E-state index in [0.29, 0.717) is 30.2 Å². The number of carbonyl (C=O) groups excluding carboxylic acids is 1. The SMILES string of the molecule is CC(C)(C)OC(=O)Nc1ccc(CC2(O)CNC2)c(Cl)c1. The molecule has 21 heavy (non-hydrogen) atoms. The van der Waals surface area contributed by atoms with Gasteiger partial charge in [-0.05, 0) is 38.5 Å². The van der Waals surface area contributed by atoms with Crippen LogP contribution in [-0.2, 0) is 11.2 Å². The average molecular weight is 313 g/mol. The number of anilines is 1. The summed E-state index contributed by atoms with van der Waals surface area (Å²) in [5.74, 6) is 0.